The highest BCUT2D eigenvalue weighted by atomic mass is 32.2. The van der Waals surface area contributed by atoms with Crippen LogP contribution in [-0.4, -0.2) is 17.8 Å². The van der Waals surface area contributed by atoms with Crippen LogP contribution >= 0.6 is 11.8 Å². The molecule has 3 unspecified atom stereocenters. The van der Waals surface area contributed by atoms with Gasteiger partial charge < -0.3 is 5.32 Å². The van der Waals surface area contributed by atoms with Crippen LogP contribution in [0.2, 0.25) is 0 Å². The summed E-state index contributed by atoms with van der Waals surface area (Å²) in [5.41, 5.74) is 1.52. The lowest BCUT2D eigenvalue weighted by atomic mass is 9.67. The first-order valence-electron chi connectivity index (χ1n) is 7.11. The van der Waals surface area contributed by atoms with E-state index in [4.69, 9.17) is 0 Å². The molecule has 3 atom stereocenters. The normalized spacial score (nSPS) is 27.3. The van der Waals surface area contributed by atoms with E-state index >= 15 is 0 Å². The van der Waals surface area contributed by atoms with Crippen molar-refractivity contribution < 1.29 is 0 Å². The van der Waals surface area contributed by atoms with Crippen LogP contribution in [0.5, 0.6) is 0 Å². The van der Waals surface area contributed by atoms with Crippen molar-refractivity contribution in [2.45, 2.75) is 56.2 Å². The van der Waals surface area contributed by atoms with E-state index in [1.807, 2.05) is 11.8 Å². The van der Waals surface area contributed by atoms with Crippen LogP contribution < -0.4 is 5.32 Å². The Kier molecular flexibility index (Phi) is 4.74. The predicted molar refractivity (Wildman–Crippen MR) is 81.4 cm³/mol. The van der Waals surface area contributed by atoms with Crippen LogP contribution in [0, 0.1) is 5.92 Å². The van der Waals surface area contributed by atoms with E-state index in [0.717, 1.165) is 24.4 Å². The van der Waals surface area contributed by atoms with Crippen molar-refractivity contribution in [3.8, 4) is 0 Å². The lowest BCUT2D eigenvalue weighted by Gasteiger charge is -2.43. The monoisotopic (exact) mass is 263 g/mol. The van der Waals surface area contributed by atoms with Crippen LogP contribution in [0.3, 0.4) is 0 Å². The number of rotatable bonds is 5. The van der Waals surface area contributed by atoms with E-state index in [-0.39, 0.29) is 0 Å². The summed E-state index contributed by atoms with van der Waals surface area (Å²) in [6, 6.07) is 9.95. The molecular weight excluding hydrogens is 238 g/mol. The summed E-state index contributed by atoms with van der Waals surface area (Å²) in [5, 5.41) is 4.23. The van der Waals surface area contributed by atoms with Gasteiger partial charge in [-0.3, -0.25) is 0 Å². The molecule has 1 aliphatic rings. The van der Waals surface area contributed by atoms with Crippen molar-refractivity contribution in [3.05, 3.63) is 29.8 Å². The summed E-state index contributed by atoms with van der Waals surface area (Å²) in [4.78, 5) is 1.39. The van der Waals surface area contributed by atoms with Gasteiger partial charge in [0.1, 0.15) is 0 Å². The predicted octanol–water partition coefficient (Wildman–Crippen LogP) is 4.29. The van der Waals surface area contributed by atoms with E-state index in [2.05, 4.69) is 57.3 Å². The van der Waals surface area contributed by atoms with Crippen molar-refractivity contribution in [3.63, 3.8) is 0 Å². The van der Waals surface area contributed by atoms with Gasteiger partial charge >= 0.3 is 0 Å². The smallest absolute Gasteiger partial charge is 0.0104 e. The van der Waals surface area contributed by atoms with E-state index < -0.39 is 0 Å². The number of benzene rings is 1. The molecule has 1 nitrogen and oxygen atoms in total. The summed E-state index contributed by atoms with van der Waals surface area (Å²) >= 11 is 1.94. The minimum absolute atomic E-state index is 0.664. The summed E-state index contributed by atoms with van der Waals surface area (Å²) in [7, 11) is 0. The third-order valence-corrected chi connectivity index (χ3v) is 4.94. The SMILES string of the molecule is CCNC1CC(c2ccc(SC(C)C)cc2)C1C. The molecule has 0 heterocycles. The van der Waals surface area contributed by atoms with Gasteiger partial charge in [-0.2, -0.15) is 0 Å². The van der Waals surface area contributed by atoms with Crippen molar-refractivity contribution >= 4 is 11.8 Å². The molecule has 1 aliphatic carbocycles. The van der Waals surface area contributed by atoms with E-state index in [0.29, 0.717) is 5.25 Å². The number of hydrogen-bond donors (Lipinski definition) is 1. The van der Waals surface area contributed by atoms with Crippen molar-refractivity contribution in [1.29, 1.82) is 0 Å². The molecule has 0 aliphatic heterocycles. The Morgan fingerprint density at radius 2 is 1.94 bits per heavy atom. The average Bonchev–Trinajstić information content (AvgIpc) is 2.34. The Hall–Kier alpha value is -0.470. The van der Waals surface area contributed by atoms with Crippen LogP contribution in [0.15, 0.2) is 29.2 Å². The molecule has 1 N–H and O–H groups in total. The fourth-order valence-corrected chi connectivity index (χ4v) is 3.66. The second-order valence-corrected chi connectivity index (χ2v) is 7.25. The summed E-state index contributed by atoms with van der Waals surface area (Å²) in [6.45, 7) is 10.1. The minimum atomic E-state index is 0.664. The zero-order valence-corrected chi connectivity index (χ0v) is 12.8. The standard InChI is InChI=1S/C16H25NS/c1-5-17-16-10-15(12(16)4)13-6-8-14(9-7-13)18-11(2)3/h6-9,11-12,15-17H,5,10H2,1-4H3. The van der Waals surface area contributed by atoms with Crippen molar-refractivity contribution in [2.24, 2.45) is 5.92 Å². The molecule has 1 aromatic rings. The fourth-order valence-electron chi connectivity index (χ4n) is 2.82. The molecule has 1 fully saturated rings. The van der Waals surface area contributed by atoms with Crippen molar-refractivity contribution in [2.75, 3.05) is 6.54 Å². The molecule has 2 heteroatoms. The number of nitrogens with one attached hydrogen (secondary N) is 1. The highest BCUT2D eigenvalue weighted by Crippen LogP contribution is 2.42. The Labute approximate surface area is 116 Å². The molecule has 18 heavy (non-hydrogen) atoms. The van der Waals surface area contributed by atoms with Gasteiger partial charge in [0.15, 0.2) is 0 Å². The Balaban J connectivity index is 1.95. The Bertz CT molecular complexity index is 371. The van der Waals surface area contributed by atoms with Crippen molar-refractivity contribution in [1.82, 2.24) is 5.32 Å². The maximum absolute atomic E-state index is 3.56. The van der Waals surface area contributed by atoms with E-state index in [9.17, 15) is 0 Å². The molecule has 0 amide bonds. The molecule has 1 aromatic carbocycles. The molecule has 1 saturated carbocycles. The summed E-state index contributed by atoms with van der Waals surface area (Å²) in [5.74, 6) is 1.53. The van der Waals surface area contributed by atoms with Gasteiger partial charge in [-0.15, -0.1) is 11.8 Å². The van der Waals surface area contributed by atoms with Gasteiger partial charge in [-0.25, -0.2) is 0 Å². The first-order valence-corrected chi connectivity index (χ1v) is 7.99. The molecular formula is C16H25NS. The topological polar surface area (TPSA) is 12.0 Å². The quantitative estimate of drug-likeness (QED) is 0.795. The van der Waals surface area contributed by atoms with Gasteiger partial charge in [-0.05, 0) is 42.5 Å². The highest BCUT2D eigenvalue weighted by Gasteiger charge is 2.37. The second kappa shape index (κ2) is 6.12. The third-order valence-electron chi connectivity index (χ3n) is 3.92. The van der Waals surface area contributed by atoms with Crippen LogP contribution in [0.1, 0.15) is 45.6 Å². The van der Waals surface area contributed by atoms with Crippen LogP contribution in [0.25, 0.3) is 0 Å². The molecule has 0 spiro atoms. The van der Waals surface area contributed by atoms with Gasteiger partial charge in [0.2, 0.25) is 0 Å². The van der Waals surface area contributed by atoms with Gasteiger partial charge in [0.05, 0.1) is 0 Å². The fraction of sp³-hybridized carbons (Fsp3) is 0.625. The average molecular weight is 263 g/mol. The third kappa shape index (κ3) is 3.10. The van der Waals surface area contributed by atoms with Gasteiger partial charge in [0.25, 0.3) is 0 Å². The maximum atomic E-state index is 3.56. The molecule has 2 rings (SSSR count). The number of thioether (sulfide) groups is 1. The second-order valence-electron chi connectivity index (χ2n) is 5.60. The van der Waals surface area contributed by atoms with Gasteiger partial charge in [-0.1, -0.05) is 39.8 Å². The molecule has 0 saturated heterocycles. The Morgan fingerprint density at radius 1 is 1.28 bits per heavy atom. The lowest BCUT2D eigenvalue weighted by Crippen LogP contribution is -2.47. The molecule has 0 radical (unpaired) electrons. The highest BCUT2D eigenvalue weighted by molar-refractivity contribution is 7.99. The molecule has 0 bridgehead atoms. The maximum Gasteiger partial charge on any atom is 0.0104 e. The van der Waals surface area contributed by atoms with Gasteiger partial charge in [0, 0.05) is 16.2 Å². The molecule has 0 aromatic heterocycles. The zero-order chi connectivity index (χ0) is 13.1. The minimum Gasteiger partial charge on any atom is -0.314 e. The van der Waals surface area contributed by atoms with Crippen LogP contribution in [-0.2, 0) is 0 Å². The summed E-state index contributed by atoms with van der Waals surface area (Å²) in [6.07, 6.45) is 1.30. The van der Waals surface area contributed by atoms with Crippen LogP contribution in [0.4, 0.5) is 0 Å². The molecule has 100 valence electrons. The largest absolute Gasteiger partial charge is 0.314 e. The summed E-state index contributed by atoms with van der Waals surface area (Å²) < 4.78 is 0. The van der Waals surface area contributed by atoms with E-state index in [1.165, 1.54) is 16.9 Å². The zero-order valence-electron chi connectivity index (χ0n) is 11.9. The number of hydrogen-bond acceptors (Lipinski definition) is 2. The Morgan fingerprint density at radius 3 is 2.44 bits per heavy atom. The first-order chi connectivity index (χ1) is 8.61. The van der Waals surface area contributed by atoms with E-state index in [1.54, 1.807) is 0 Å². The lowest BCUT2D eigenvalue weighted by molar-refractivity contribution is 0.187. The first kappa shape index (κ1) is 14.0.